The third-order valence-corrected chi connectivity index (χ3v) is 4.40. The van der Waals surface area contributed by atoms with Gasteiger partial charge in [0.05, 0.1) is 12.7 Å². The zero-order valence-corrected chi connectivity index (χ0v) is 12.5. The zero-order chi connectivity index (χ0) is 15.1. The van der Waals surface area contributed by atoms with Crippen molar-refractivity contribution in [3.05, 3.63) is 30.4 Å². The van der Waals surface area contributed by atoms with Crippen LogP contribution in [-0.2, 0) is 4.74 Å². The molecule has 3 atom stereocenters. The Hall–Kier alpha value is -1.99. The molecule has 0 bridgehead atoms. The molecule has 22 heavy (non-hydrogen) atoms. The number of fused-ring (bicyclic) bond motifs is 2. The lowest BCUT2D eigenvalue weighted by atomic mass is 10.1. The first-order valence-electron chi connectivity index (χ1n) is 7.65. The highest BCUT2D eigenvalue weighted by Gasteiger charge is 2.36. The van der Waals surface area contributed by atoms with Crippen molar-refractivity contribution in [1.29, 1.82) is 0 Å². The first-order valence-corrected chi connectivity index (χ1v) is 7.65. The van der Waals surface area contributed by atoms with Gasteiger partial charge in [-0.25, -0.2) is 9.97 Å². The fourth-order valence-electron chi connectivity index (χ4n) is 3.34. The van der Waals surface area contributed by atoms with E-state index in [0.717, 1.165) is 26.1 Å². The molecule has 2 aromatic heterocycles. The molecule has 2 aliphatic rings. The zero-order valence-electron chi connectivity index (χ0n) is 12.5. The maximum atomic E-state index is 12.4. The Bertz CT molecular complexity index is 667. The van der Waals surface area contributed by atoms with Crippen LogP contribution in [0.15, 0.2) is 24.7 Å². The van der Waals surface area contributed by atoms with E-state index >= 15 is 0 Å². The summed E-state index contributed by atoms with van der Waals surface area (Å²) < 4.78 is 7.44. The van der Waals surface area contributed by atoms with E-state index in [2.05, 4.69) is 27.1 Å². The van der Waals surface area contributed by atoms with Gasteiger partial charge in [0.15, 0.2) is 0 Å². The number of morpholine rings is 1. The van der Waals surface area contributed by atoms with Gasteiger partial charge in [-0.05, 0) is 19.4 Å². The number of carbonyl (C=O) groups is 1. The van der Waals surface area contributed by atoms with E-state index in [0.29, 0.717) is 17.5 Å². The Balaban J connectivity index is 1.44. The average Bonchev–Trinajstić information content (AvgIpc) is 3.09. The van der Waals surface area contributed by atoms with Crippen molar-refractivity contribution >= 4 is 11.7 Å². The molecule has 2 aromatic rings. The fraction of sp³-hybridized carbons (Fsp3) is 0.533. The van der Waals surface area contributed by atoms with E-state index < -0.39 is 0 Å². The van der Waals surface area contributed by atoms with Gasteiger partial charge < -0.3 is 10.1 Å². The minimum Gasteiger partial charge on any atom is -0.376 e. The number of hydrogen-bond donors (Lipinski definition) is 1. The third-order valence-electron chi connectivity index (χ3n) is 4.40. The van der Waals surface area contributed by atoms with E-state index in [4.69, 9.17) is 4.74 Å². The highest BCUT2D eigenvalue weighted by molar-refractivity contribution is 5.92. The number of aromatic nitrogens is 3. The average molecular weight is 301 g/mol. The molecule has 2 fully saturated rings. The quantitative estimate of drug-likeness (QED) is 0.865. The minimum absolute atomic E-state index is 0.135. The molecule has 1 amide bonds. The Morgan fingerprint density at radius 3 is 3.23 bits per heavy atom. The lowest BCUT2D eigenvalue weighted by Crippen LogP contribution is -2.45. The number of nitrogens with zero attached hydrogens (tertiary/aromatic N) is 4. The van der Waals surface area contributed by atoms with Crippen molar-refractivity contribution in [2.45, 2.75) is 31.5 Å². The summed E-state index contributed by atoms with van der Waals surface area (Å²) in [5, 5.41) is 3.09. The molecule has 1 N–H and O–H groups in total. The lowest BCUT2D eigenvalue weighted by Gasteiger charge is -2.33. The second-order valence-corrected chi connectivity index (χ2v) is 6.11. The van der Waals surface area contributed by atoms with E-state index in [1.165, 1.54) is 0 Å². The van der Waals surface area contributed by atoms with Crippen molar-refractivity contribution in [3.8, 4) is 0 Å². The molecule has 0 unspecified atom stereocenters. The molecular weight excluding hydrogens is 282 g/mol. The number of carbonyl (C=O) groups excluding carboxylic acids is 1. The van der Waals surface area contributed by atoms with Crippen LogP contribution >= 0.6 is 0 Å². The van der Waals surface area contributed by atoms with Gasteiger partial charge in [-0.3, -0.25) is 14.1 Å². The van der Waals surface area contributed by atoms with E-state index in [1.54, 1.807) is 16.8 Å². The Morgan fingerprint density at radius 1 is 1.45 bits per heavy atom. The smallest absolute Gasteiger partial charge is 0.271 e. The fourth-order valence-corrected chi connectivity index (χ4v) is 3.34. The number of rotatable bonds is 2. The number of hydrogen-bond acceptors (Lipinski definition) is 5. The van der Waals surface area contributed by atoms with Crippen LogP contribution in [0.4, 0.5) is 0 Å². The molecule has 4 rings (SSSR count). The second-order valence-electron chi connectivity index (χ2n) is 6.11. The molecule has 7 nitrogen and oxygen atoms in total. The van der Waals surface area contributed by atoms with Gasteiger partial charge in [0.2, 0.25) is 5.78 Å². The molecule has 7 heteroatoms. The topological polar surface area (TPSA) is 71.8 Å². The number of nitrogens with one attached hydrogen (secondary N) is 1. The Morgan fingerprint density at radius 2 is 2.36 bits per heavy atom. The van der Waals surface area contributed by atoms with Crippen molar-refractivity contribution < 1.29 is 9.53 Å². The molecule has 2 aliphatic heterocycles. The van der Waals surface area contributed by atoms with Crippen LogP contribution in [0.25, 0.3) is 5.78 Å². The molecule has 2 saturated heterocycles. The molecular formula is C15H19N5O2. The summed E-state index contributed by atoms with van der Waals surface area (Å²) in [6, 6.07) is 2.39. The predicted molar refractivity (Wildman–Crippen MR) is 79.6 cm³/mol. The van der Waals surface area contributed by atoms with Crippen molar-refractivity contribution in [2.24, 2.45) is 0 Å². The van der Waals surface area contributed by atoms with Crippen molar-refractivity contribution in [2.75, 3.05) is 19.7 Å². The summed E-state index contributed by atoms with van der Waals surface area (Å²) >= 11 is 0. The Kier molecular flexibility index (Phi) is 3.31. The van der Waals surface area contributed by atoms with Gasteiger partial charge in [0.25, 0.3) is 5.91 Å². The minimum atomic E-state index is -0.135. The molecule has 0 radical (unpaired) electrons. The lowest BCUT2D eigenvalue weighted by molar-refractivity contribution is -0.0390. The normalized spacial score (nSPS) is 28.7. The summed E-state index contributed by atoms with van der Waals surface area (Å²) in [6.45, 7) is 4.67. The van der Waals surface area contributed by atoms with Crippen LogP contribution in [0.5, 0.6) is 0 Å². The van der Waals surface area contributed by atoms with Gasteiger partial charge >= 0.3 is 0 Å². The molecule has 116 valence electrons. The first kappa shape index (κ1) is 13.7. The number of ether oxygens (including phenoxy) is 1. The van der Waals surface area contributed by atoms with E-state index in [1.807, 2.05) is 12.3 Å². The summed E-state index contributed by atoms with van der Waals surface area (Å²) in [5.41, 5.74) is 0.410. The highest BCUT2D eigenvalue weighted by Crippen LogP contribution is 2.23. The maximum absolute atomic E-state index is 12.4. The SMILES string of the molecule is C[C@H]1CN2C[C@H](NC(=O)c3cn4cccnc4n3)C[C@H]2CO1. The second kappa shape index (κ2) is 5.33. The van der Waals surface area contributed by atoms with Gasteiger partial charge in [0.1, 0.15) is 5.69 Å². The van der Waals surface area contributed by atoms with E-state index in [-0.39, 0.29) is 18.1 Å². The molecule has 0 aromatic carbocycles. The van der Waals surface area contributed by atoms with E-state index in [9.17, 15) is 4.79 Å². The van der Waals surface area contributed by atoms with Crippen LogP contribution < -0.4 is 5.32 Å². The van der Waals surface area contributed by atoms with Crippen LogP contribution in [0.2, 0.25) is 0 Å². The van der Waals surface area contributed by atoms with Crippen molar-refractivity contribution in [1.82, 2.24) is 24.6 Å². The van der Waals surface area contributed by atoms with Crippen LogP contribution in [0.1, 0.15) is 23.8 Å². The van der Waals surface area contributed by atoms with Crippen LogP contribution in [-0.4, -0.2) is 63.1 Å². The monoisotopic (exact) mass is 301 g/mol. The summed E-state index contributed by atoms with van der Waals surface area (Å²) in [6.07, 6.45) is 6.42. The van der Waals surface area contributed by atoms with Gasteiger partial charge in [0, 0.05) is 43.8 Å². The van der Waals surface area contributed by atoms with Gasteiger partial charge in [-0.1, -0.05) is 0 Å². The standard InChI is InChI=1S/C15H19N5O2/c1-10-6-20-7-11(5-12(20)9-22-10)17-14(21)13-8-19-4-2-3-16-15(19)18-13/h2-4,8,10-12H,5-7,9H2,1H3,(H,17,21)/t10-,11+,12-/m0/s1. The molecule has 4 heterocycles. The Labute approximate surface area is 128 Å². The summed E-state index contributed by atoms with van der Waals surface area (Å²) in [7, 11) is 0. The summed E-state index contributed by atoms with van der Waals surface area (Å²) in [4.78, 5) is 23.2. The highest BCUT2D eigenvalue weighted by atomic mass is 16.5. The maximum Gasteiger partial charge on any atom is 0.271 e. The third kappa shape index (κ3) is 2.46. The first-order chi connectivity index (χ1) is 10.7. The van der Waals surface area contributed by atoms with Gasteiger partial charge in [-0.2, -0.15) is 0 Å². The number of imidazole rings is 1. The molecule has 0 aliphatic carbocycles. The predicted octanol–water partition coefficient (Wildman–Crippen LogP) is 0.321. The number of amides is 1. The van der Waals surface area contributed by atoms with Crippen LogP contribution in [0, 0.1) is 0 Å². The summed E-state index contributed by atoms with van der Waals surface area (Å²) in [5.74, 6) is 0.406. The van der Waals surface area contributed by atoms with Crippen molar-refractivity contribution in [3.63, 3.8) is 0 Å². The van der Waals surface area contributed by atoms with Gasteiger partial charge in [-0.15, -0.1) is 0 Å². The largest absolute Gasteiger partial charge is 0.376 e. The molecule has 0 spiro atoms. The molecule has 0 saturated carbocycles. The van der Waals surface area contributed by atoms with Crippen LogP contribution in [0.3, 0.4) is 0 Å².